The molecule has 25 heavy (non-hydrogen) atoms. The number of benzene rings is 2. The molecular weight excluding hydrogens is 354 g/mol. The van der Waals surface area contributed by atoms with Crippen LogP contribution in [0.3, 0.4) is 0 Å². The Labute approximate surface area is 154 Å². The Balaban J connectivity index is 1.79. The molecule has 0 bridgehead atoms. The van der Waals surface area contributed by atoms with Crippen molar-refractivity contribution in [3.05, 3.63) is 70.4 Å². The highest BCUT2D eigenvalue weighted by atomic mass is 32.1. The second-order valence-electron chi connectivity index (χ2n) is 5.20. The van der Waals surface area contributed by atoms with E-state index in [4.69, 9.17) is 4.74 Å². The van der Waals surface area contributed by atoms with Crippen molar-refractivity contribution in [1.82, 2.24) is 0 Å². The van der Waals surface area contributed by atoms with Crippen molar-refractivity contribution < 1.29 is 14.3 Å². The van der Waals surface area contributed by atoms with Crippen LogP contribution >= 0.6 is 24.0 Å². The van der Waals surface area contributed by atoms with Crippen molar-refractivity contribution in [1.29, 1.82) is 0 Å². The van der Waals surface area contributed by atoms with E-state index < -0.39 is 5.97 Å². The molecule has 1 heterocycles. The highest BCUT2D eigenvalue weighted by molar-refractivity contribution is 7.80. The lowest BCUT2D eigenvalue weighted by atomic mass is 10.0. The minimum Gasteiger partial charge on any atom is -0.465 e. The number of methoxy groups -OCH3 is 1. The van der Waals surface area contributed by atoms with Gasteiger partial charge < -0.3 is 10.1 Å². The molecule has 0 radical (unpaired) electrons. The van der Waals surface area contributed by atoms with E-state index in [-0.39, 0.29) is 5.91 Å². The SMILES string of the molecule is COC(=O)c1sccc1NC(=O)c1ccc(-c2ccccc2S)cc1. The van der Waals surface area contributed by atoms with E-state index in [1.165, 1.54) is 18.4 Å². The summed E-state index contributed by atoms with van der Waals surface area (Å²) in [4.78, 5) is 25.3. The molecule has 4 nitrogen and oxygen atoms in total. The van der Waals surface area contributed by atoms with Crippen molar-refractivity contribution in [2.45, 2.75) is 4.90 Å². The molecular formula is C19H15NO3S2. The molecule has 126 valence electrons. The minimum absolute atomic E-state index is 0.283. The first kappa shape index (κ1) is 17.3. The van der Waals surface area contributed by atoms with Crippen molar-refractivity contribution in [3.8, 4) is 11.1 Å². The van der Waals surface area contributed by atoms with Crippen molar-refractivity contribution in [2.24, 2.45) is 0 Å². The predicted molar refractivity (Wildman–Crippen MR) is 103 cm³/mol. The summed E-state index contributed by atoms with van der Waals surface area (Å²) >= 11 is 5.68. The first-order valence-corrected chi connectivity index (χ1v) is 8.78. The number of rotatable bonds is 4. The maximum absolute atomic E-state index is 12.4. The summed E-state index contributed by atoms with van der Waals surface area (Å²) in [6, 6.07) is 16.7. The van der Waals surface area contributed by atoms with Crippen LogP contribution in [-0.4, -0.2) is 19.0 Å². The summed E-state index contributed by atoms with van der Waals surface area (Å²) in [5.74, 6) is -0.750. The number of thiophene rings is 1. The number of ether oxygens (including phenoxy) is 1. The van der Waals surface area contributed by atoms with Crippen LogP contribution in [0.5, 0.6) is 0 Å². The summed E-state index contributed by atoms with van der Waals surface area (Å²) in [5, 5.41) is 4.48. The molecule has 0 atom stereocenters. The van der Waals surface area contributed by atoms with Gasteiger partial charge in [0.05, 0.1) is 12.8 Å². The predicted octanol–water partition coefficient (Wildman–Crippen LogP) is 4.74. The molecule has 1 N–H and O–H groups in total. The van der Waals surface area contributed by atoms with Crippen LogP contribution in [0.1, 0.15) is 20.0 Å². The summed E-state index contributed by atoms with van der Waals surface area (Å²) in [5.41, 5.74) is 2.94. The first-order valence-electron chi connectivity index (χ1n) is 7.45. The number of carbonyl (C=O) groups excluding carboxylic acids is 2. The zero-order valence-electron chi connectivity index (χ0n) is 13.4. The Bertz CT molecular complexity index is 916. The largest absolute Gasteiger partial charge is 0.465 e. The Hall–Kier alpha value is -2.57. The lowest BCUT2D eigenvalue weighted by Crippen LogP contribution is -2.13. The molecule has 0 aliphatic carbocycles. The number of amides is 1. The van der Waals surface area contributed by atoms with Gasteiger partial charge in [-0.15, -0.1) is 24.0 Å². The molecule has 3 aromatic rings. The average Bonchev–Trinajstić information content (AvgIpc) is 3.09. The normalized spacial score (nSPS) is 10.3. The van der Waals surface area contributed by atoms with Gasteiger partial charge in [0.1, 0.15) is 4.88 Å². The summed E-state index contributed by atoms with van der Waals surface area (Å²) in [6.45, 7) is 0. The third-order valence-electron chi connectivity index (χ3n) is 3.65. The maximum Gasteiger partial charge on any atom is 0.350 e. The number of hydrogen-bond acceptors (Lipinski definition) is 5. The molecule has 3 rings (SSSR count). The van der Waals surface area contributed by atoms with Gasteiger partial charge in [-0.25, -0.2) is 4.79 Å². The first-order chi connectivity index (χ1) is 12.1. The molecule has 0 aliphatic heterocycles. The van der Waals surface area contributed by atoms with Crippen LogP contribution in [0.15, 0.2) is 64.9 Å². The van der Waals surface area contributed by atoms with Gasteiger partial charge in [-0.3, -0.25) is 4.79 Å². The van der Waals surface area contributed by atoms with Crippen LogP contribution in [-0.2, 0) is 4.74 Å². The molecule has 0 spiro atoms. The van der Waals surface area contributed by atoms with E-state index in [2.05, 4.69) is 17.9 Å². The van der Waals surface area contributed by atoms with Crippen LogP contribution in [0, 0.1) is 0 Å². The second-order valence-corrected chi connectivity index (χ2v) is 6.60. The number of hydrogen-bond donors (Lipinski definition) is 2. The Morgan fingerprint density at radius 2 is 1.76 bits per heavy atom. The number of esters is 1. The fourth-order valence-electron chi connectivity index (χ4n) is 2.37. The molecule has 2 aromatic carbocycles. The zero-order chi connectivity index (χ0) is 17.8. The van der Waals surface area contributed by atoms with Crippen molar-refractivity contribution >= 4 is 41.5 Å². The van der Waals surface area contributed by atoms with Gasteiger partial charge in [-0.05, 0) is 40.8 Å². The quantitative estimate of drug-likeness (QED) is 0.516. The number of carbonyl (C=O) groups is 2. The monoisotopic (exact) mass is 369 g/mol. The van der Waals surface area contributed by atoms with E-state index in [0.717, 1.165) is 16.0 Å². The van der Waals surface area contributed by atoms with Crippen LogP contribution in [0.4, 0.5) is 5.69 Å². The molecule has 0 saturated carbocycles. The fourth-order valence-corrected chi connectivity index (χ4v) is 3.43. The molecule has 0 unspecified atom stereocenters. The smallest absolute Gasteiger partial charge is 0.350 e. The highest BCUT2D eigenvalue weighted by Gasteiger charge is 2.16. The Morgan fingerprint density at radius 1 is 1.04 bits per heavy atom. The topological polar surface area (TPSA) is 55.4 Å². The number of nitrogens with one attached hydrogen (secondary N) is 1. The van der Waals surface area contributed by atoms with E-state index >= 15 is 0 Å². The van der Waals surface area contributed by atoms with Crippen molar-refractivity contribution in [3.63, 3.8) is 0 Å². The Morgan fingerprint density at radius 3 is 2.44 bits per heavy atom. The van der Waals surface area contributed by atoms with Crippen molar-refractivity contribution in [2.75, 3.05) is 12.4 Å². The third kappa shape index (κ3) is 3.75. The summed E-state index contributed by atoms with van der Waals surface area (Å²) in [7, 11) is 1.31. The third-order valence-corrected chi connectivity index (χ3v) is 4.93. The summed E-state index contributed by atoms with van der Waals surface area (Å²) in [6.07, 6.45) is 0. The standard InChI is InChI=1S/C19H15NO3S2/c1-23-19(22)17-15(10-11-25-17)20-18(21)13-8-6-12(7-9-13)14-4-2-3-5-16(14)24/h2-11,24H,1H3,(H,20,21). The lowest BCUT2D eigenvalue weighted by Gasteiger charge is -2.08. The number of thiol groups is 1. The van der Waals surface area contributed by atoms with E-state index in [1.54, 1.807) is 23.6 Å². The molecule has 0 fully saturated rings. The average molecular weight is 369 g/mol. The van der Waals surface area contributed by atoms with Crippen LogP contribution in [0.2, 0.25) is 0 Å². The van der Waals surface area contributed by atoms with Gasteiger partial charge in [-0.2, -0.15) is 0 Å². The highest BCUT2D eigenvalue weighted by Crippen LogP contribution is 2.27. The van der Waals surface area contributed by atoms with Gasteiger partial charge in [0, 0.05) is 10.5 Å². The summed E-state index contributed by atoms with van der Waals surface area (Å²) < 4.78 is 4.71. The van der Waals surface area contributed by atoms with E-state index in [9.17, 15) is 9.59 Å². The molecule has 0 saturated heterocycles. The molecule has 1 amide bonds. The minimum atomic E-state index is -0.467. The van der Waals surface area contributed by atoms with E-state index in [0.29, 0.717) is 16.1 Å². The molecule has 1 aromatic heterocycles. The maximum atomic E-state index is 12.4. The van der Waals surface area contributed by atoms with Crippen LogP contribution < -0.4 is 5.32 Å². The van der Waals surface area contributed by atoms with Gasteiger partial charge in [0.15, 0.2) is 0 Å². The van der Waals surface area contributed by atoms with E-state index in [1.807, 2.05) is 36.4 Å². The van der Waals surface area contributed by atoms with Gasteiger partial charge in [0.25, 0.3) is 5.91 Å². The van der Waals surface area contributed by atoms with Gasteiger partial charge in [0.2, 0.25) is 0 Å². The van der Waals surface area contributed by atoms with Gasteiger partial charge in [-0.1, -0.05) is 30.3 Å². The fraction of sp³-hybridized carbons (Fsp3) is 0.0526. The van der Waals surface area contributed by atoms with Gasteiger partial charge >= 0.3 is 5.97 Å². The molecule has 0 aliphatic rings. The van der Waals surface area contributed by atoms with Crippen LogP contribution in [0.25, 0.3) is 11.1 Å². The zero-order valence-corrected chi connectivity index (χ0v) is 15.1. The second kappa shape index (κ2) is 7.55. The Kier molecular flexibility index (Phi) is 5.21. The lowest BCUT2D eigenvalue weighted by molar-refractivity contribution is 0.0607. The molecule has 6 heteroatoms. The number of anilines is 1.